The molecule has 0 aromatic rings. The predicted octanol–water partition coefficient (Wildman–Crippen LogP) is 8.51. The Bertz CT molecular complexity index is 697. The Morgan fingerprint density at radius 1 is 1.18 bits per heavy atom. The second kappa shape index (κ2) is 13.2. The molecule has 1 aliphatic carbocycles. The van der Waals surface area contributed by atoms with Gasteiger partial charge in [0.1, 0.15) is 0 Å². The number of rotatable bonds is 11. The van der Waals surface area contributed by atoms with E-state index in [0.717, 1.165) is 31.3 Å². The summed E-state index contributed by atoms with van der Waals surface area (Å²) in [5.74, 6) is 3.76. The Morgan fingerprint density at radius 2 is 1.89 bits per heavy atom. The molecule has 1 rings (SSSR count). The second-order valence-electron chi connectivity index (χ2n) is 7.81. The normalized spacial score (nSPS) is 19.2. The lowest BCUT2D eigenvalue weighted by molar-refractivity contribution is 0.541. The minimum Gasteiger partial charge on any atom is -0.119 e. The van der Waals surface area contributed by atoms with Crippen LogP contribution in [0.15, 0.2) is 70.9 Å². The molecule has 28 heavy (non-hydrogen) atoms. The van der Waals surface area contributed by atoms with Gasteiger partial charge < -0.3 is 0 Å². The summed E-state index contributed by atoms with van der Waals surface area (Å²) in [6.45, 7) is 15.1. The molecular formula is C28H40. The molecule has 152 valence electrons. The molecule has 0 nitrogen and oxygen atoms in total. The molecule has 0 heterocycles. The number of allylic oxidation sites excluding steroid dienone is 11. The predicted molar refractivity (Wildman–Crippen MR) is 127 cm³/mol. The van der Waals surface area contributed by atoms with Crippen LogP contribution >= 0.6 is 0 Å². The highest BCUT2D eigenvalue weighted by Gasteiger charge is 2.15. The SMILES string of the molecule is C#CC1C=CC(C(CC)CC\C(=C/C(CC)=C(\C=C\C(=C)C)CC)CC)=CC1. The maximum absolute atomic E-state index is 5.56. The van der Waals surface area contributed by atoms with Gasteiger partial charge in [-0.25, -0.2) is 0 Å². The van der Waals surface area contributed by atoms with E-state index < -0.39 is 0 Å². The highest BCUT2D eigenvalue weighted by Crippen LogP contribution is 2.30. The molecule has 0 bridgehead atoms. The molecule has 0 aromatic carbocycles. The van der Waals surface area contributed by atoms with Crippen LogP contribution in [-0.2, 0) is 0 Å². The largest absolute Gasteiger partial charge is 0.119 e. The molecule has 1 aliphatic rings. The van der Waals surface area contributed by atoms with E-state index in [2.05, 4.69) is 76.7 Å². The number of hydrogen-bond donors (Lipinski definition) is 0. The zero-order chi connectivity index (χ0) is 20.9. The molecule has 2 unspecified atom stereocenters. The Kier molecular flexibility index (Phi) is 11.4. The van der Waals surface area contributed by atoms with Crippen molar-refractivity contribution >= 4 is 0 Å². The van der Waals surface area contributed by atoms with E-state index in [1.807, 2.05) is 6.92 Å². The van der Waals surface area contributed by atoms with Crippen LogP contribution in [0.4, 0.5) is 0 Å². The van der Waals surface area contributed by atoms with E-state index >= 15 is 0 Å². The van der Waals surface area contributed by atoms with Crippen molar-refractivity contribution in [1.82, 2.24) is 0 Å². The molecule has 0 N–H and O–H groups in total. The van der Waals surface area contributed by atoms with Crippen molar-refractivity contribution in [1.29, 1.82) is 0 Å². The summed E-state index contributed by atoms with van der Waals surface area (Å²) < 4.78 is 0. The molecule has 0 aliphatic heterocycles. The Labute approximate surface area is 174 Å². The molecule has 0 saturated heterocycles. The lowest BCUT2D eigenvalue weighted by atomic mass is 9.84. The van der Waals surface area contributed by atoms with Crippen LogP contribution in [0.3, 0.4) is 0 Å². The van der Waals surface area contributed by atoms with Gasteiger partial charge in [-0.2, -0.15) is 0 Å². The lowest BCUT2D eigenvalue weighted by Crippen LogP contribution is -2.07. The van der Waals surface area contributed by atoms with Crippen molar-refractivity contribution < 1.29 is 0 Å². The summed E-state index contributed by atoms with van der Waals surface area (Å²) in [4.78, 5) is 0. The van der Waals surface area contributed by atoms with Crippen molar-refractivity contribution in [2.24, 2.45) is 11.8 Å². The first kappa shape index (κ1) is 24.0. The third-order valence-corrected chi connectivity index (χ3v) is 5.70. The standard InChI is InChI=1S/C28H40/c1-8-23-14-19-28(20-15-23)26(11-4)18-16-24(9-2)21-27(12-5)25(10-3)17-13-22(6)7/h1,13-14,17,19-21,23,26H,6,9-12,15-16,18H2,2-5,7H3/b17-13+,24-21-,27-25-. The van der Waals surface area contributed by atoms with Gasteiger partial charge in [-0.05, 0) is 74.5 Å². The third-order valence-electron chi connectivity index (χ3n) is 5.70. The molecule has 2 atom stereocenters. The summed E-state index contributed by atoms with van der Waals surface area (Å²) in [7, 11) is 0. The molecule has 0 fully saturated rings. The van der Waals surface area contributed by atoms with Gasteiger partial charge in [-0.15, -0.1) is 6.42 Å². The average molecular weight is 377 g/mol. The van der Waals surface area contributed by atoms with Crippen LogP contribution in [0.1, 0.15) is 79.6 Å². The van der Waals surface area contributed by atoms with E-state index in [4.69, 9.17) is 6.42 Å². The summed E-state index contributed by atoms with van der Waals surface area (Å²) in [6, 6.07) is 0. The van der Waals surface area contributed by atoms with Gasteiger partial charge >= 0.3 is 0 Å². The lowest BCUT2D eigenvalue weighted by Gasteiger charge is -2.21. The smallest absolute Gasteiger partial charge is 0.0417 e. The molecule has 0 radical (unpaired) electrons. The highest BCUT2D eigenvalue weighted by atomic mass is 14.2. The van der Waals surface area contributed by atoms with Crippen LogP contribution in [-0.4, -0.2) is 0 Å². The summed E-state index contributed by atoms with van der Waals surface area (Å²) >= 11 is 0. The van der Waals surface area contributed by atoms with Crippen molar-refractivity contribution in [2.75, 3.05) is 0 Å². The van der Waals surface area contributed by atoms with Gasteiger partial charge in [-0.1, -0.05) is 87.8 Å². The van der Waals surface area contributed by atoms with Gasteiger partial charge in [0.2, 0.25) is 0 Å². The van der Waals surface area contributed by atoms with Crippen LogP contribution in [0.5, 0.6) is 0 Å². The highest BCUT2D eigenvalue weighted by molar-refractivity contribution is 5.37. The van der Waals surface area contributed by atoms with Crippen molar-refractivity contribution in [3.05, 3.63) is 70.9 Å². The minimum absolute atomic E-state index is 0.282. The number of terminal acetylenes is 1. The van der Waals surface area contributed by atoms with Crippen LogP contribution in [0.25, 0.3) is 0 Å². The molecular weight excluding hydrogens is 336 g/mol. The molecule has 0 saturated carbocycles. The van der Waals surface area contributed by atoms with Crippen molar-refractivity contribution in [3.8, 4) is 12.3 Å². The average Bonchev–Trinajstić information content (AvgIpc) is 2.72. The summed E-state index contributed by atoms with van der Waals surface area (Å²) in [6.07, 6.45) is 27.1. The first-order valence-corrected chi connectivity index (χ1v) is 11.1. The fourth-order valence-corrected chi connectivity index (χ4v) is 3.74. The van der Waals surface area contributed by atoms with Gasteiger partial charge in [0, 0.05) is 5.92 Å². The zero-order valence-corrected chi connectivity index (χ0v) is 18.9. The van der Waals surface area contributed by atoms with E-state index in [1.54, 1.807) is 5.57 Å². The first-order valence-electron chi connectivity index (χ1n) is 11.1. The Balaban J connectivity index is 2.91. The molecule has 0 aromatic heterocycles. The molecule has 0 heteroatoms. The van der Waals surface area contributed by atoms with Crippen LogP contribution in [0.2, 0.25) is 0 Å². The quantitative estimate of drug-likeness (QED) is 0.250. The molecule has 0 amide bonds. The second-order valence-corrected chi connectivity index (χ2v) is 7.81. The summed E-state index contributed by atoms with van der Waals surface area (Å²) in [5.41, 5.74) is 7.05. The van der Waals surface area contributed by atoms with E-state index in [0.29, 0.717) is 5.92 Å². The minimum atomic E-state index is 0.282. The topological polar surface area (TPSA) is 0 Å². The van der Waals surface area contributed by atoms with E-state index in [9.17, 15) is 0 Å². The monoisotopic (exact) mass is 376 g/mol. The Morgan fingerprint density at radius 3 is 2.36 bits per heavy atom. The zero-order valence-electron chi connectivity index (χ0n) is 18.9. The van der Waals surface area contributed by atoms with Crippen molar-refractivity contribution in [2.45, 2.75) is 79.6 Å². The first-order chi connectivity index (χ1) is 13.5. The number of hydrogen-bond acceptors (Lipinski definition) is 0. The fraction of sp³-hybridized carbons (Fsp3) is 0.500. The Hall–Kier alpha value is -2.00. The van der Waals surface area contributed by atoms with Gasteiger partial charge in [0.15, 0.2) is 0 Å². The van der Waals surface area contributed by atoms with Gasteiger partial charge in [0.25, 0.3) is 0 Å². The maximum Gasteiger partial charge on any atom is 0.0417 e. The van der Waals surface area contributed by atoms with Crippen molar-refractivity contribution in [3.63, 3.8) is 0 Å². The molecule has 0 spiro atoms. The maximum atomic E-state index is 5.56. The van der Waals surface area contributed by atoms with E-state index in [1.165, 1.54) is 36.0 Å². The van der Waals surface area contributed by atoms with Gasteiger partial charge in [0.05, 0.1) is 0 Å². The van der Waals surface area contributed by atoms with Crippen LogP contribution in [0, 0.1) is 24.2 Å². The third kappa shape index (κ3) is 7.93. The fourth-order valence-electron chi connectivity index (χ4n) is 3.74. The van der Waals surface area contributed by atoms with Crippen LogP contribution < -0.4 is 0 Å². The van der Waals surface area contributed by atoms with E-state index in [-0.39, 0.29) is 5.92 Å². The summed E-state index contributed by atoms with van der Waals surface area (Å²) in [5, 5.41) is 0. The van der Waals surface area contributed by atoms with Gasteiger partial charge in [-0.3, -0.25) is 0 Å².